The number of benzene rings is 1. The van der Waals surface area contributed by atoms with E-state index in [0.29, 0.717) is 75.8 Å². The Hall–Kier alpha value is -3.97. The van der Waals surface area contributed by atoms with Gasteiger partial charge in [-0.3, -0.25) is 14.4 Å². The van der Waals surface area contributed by atoms with Gasteiger partial charge in [0.05, 0.1) is 88.5 Å². The lowest BCUT2D eigenvalue weighted by Gasteiger charge is -2.17. The molecule has 53 heavy (non-hydrogen) atoms. The topological polar surface area (TPSA) is 208 Å². The van der Waals surface area contributed by atoms with E-state index in [1.807, 2.05) is 23.9 Å². The number of carbonyl (C=O) groups excluding carboxylic acids is 4. The number of unbranched alkanes of at least 4 members (excludes halogenated alkanes) is 1. The number of urea groups is 1. The van der Waals surface area contributed by atoms with Crippen molar-refractivity contribution in [2.45, 2.75) is 75.7 Å². The molecule has 3 heterocycles. The zero-order chi connectivity index (χ0) is 37.7. The molecule has 2 aliphatic rings. The maximum atomic E-state index is 12.7. The van der Waals surface area contributed by atoms with Crippen LogP contribution in [0.1, 0.15) is 43.9 Å². The van der Waals surface area contributed by atoms with Gasteiger partial charge in [0.15, 0.2) is 0 Å². The second-order valence-corrected chi connectivity index (χ2v) is 13.8. The van der Waals surface area contributed by atoms with E-state index in [9.17, 15) is 19.2 Å². The first kappa shape index (κ1) is 41.8. The number of hydrogen-bond donors (Lipinski definition) is 5. The lowest BCUT2D eigenvalue weighted by molar-refractivity contribution is -0.130. The van der Waals surface area contributed by atoms with E-state index in [4.69, 9.17) is 18.9 Å². The van der Waals surface area contributed by atoms with E-state index in [1.54, 1.807) is 23.0 Å². The number of nitrogens with one attached hydrogen (secondary N) is 5. The van der Waals surface area contributed by atoms with E-state index < -0.39 is 6.04 Å². The number of aliphatic imine (C=N–C) groups is 1. The predicted molar refractivity (Wildman–Crippen MR) is 200 cm³/mol. The van der Waals surface area contributed by atoms with Crippen molar-refractivity contribution in [2.75, 3.05) is 58.5 Å². The van der Waals surface area contributed by atoms with E-state index in [1.165, 1.54) is 6.92 Å². The number of fused-ring (bicyclic) bond motifs is 1. The fraction of sp³-hybridized carbons (Fsp3) is 0.618. The first-order chi connectivity index (χ1) is 25.8. The van der Waals surface area contributed by atoms with Gasteiger partial charge in [0.2, 0.25) is 17.7 Å². The lowest BCUT2D eigenvalue weighted by atomic mass is 10.0. The van der Waals surface area contributed by atoms with Crippen molar-refractivity contribution in [3.8, 4) is 0 Å². The van der Waals surface area contributed by atoms with Crippen molar-refractivity contribution < 1.29 is 38.1 Å². The Morgan fingerprint density at radius 1 is 1.04 bits per heavy atom. The molecule has 4 rings (SSSR count). The first-order valence-electron chi connectivity index (χ1n) is 17.7. The number of isothiocyanates is 1. The molecule has 0 spiro atoms. The van der Waals surface area contributed by atoms with Crippen LogP contribution in [0.25, 0.3) is 0 Å². The number of amides is 5. The van der Waals surface area contributed by atoms with E-state index in [2.05, 4.69) is 59.3 Å². The average molecular weight is 776 g/mol. The molecule has 5 amide bonds. The normalized spacial score (nSPS) is 18.0. The zero-order valence-corrected chi connectivity index (χ0v) is 31.5. The summed E-state index contributed by atoms with van der Waals surface area (Å²) in [6.45, 7) is 5.09. The predicted octanol–water partition coefficient (Wildman–Crippen LogP) is 1.24. The Kier molecular flexibility index (Phi) is 18.6. The van der Waals surface area contributed by atoms with Gasteiger partial charge in [-0.05, 0) is 42.8 Å². The molecule has 0 unspecified atom stereocenters. The van der Waals surface area contributed by atoms with Crippen molar-refractivity contribution in [1.29, 1.82) is 0 Å². The summed E-state index contributed by atoms with van der Waals surface area (Å²) < 4.78 is 24.0. The minimum absolute atomic E-state index is 0.0217. The largest absolute Gasteiger partial charge is 0.377 e. The van der Waals surface area contributed by atoms with Gasteiger partial charge in [-0.25, -0.2) is 9.48 Å². The number of thioether (sulfide) groups is 1. The molecule has 2 fully saturated rings. The van der Waals surface area contributed by atoms with Crippen LogP contribution in [0.5, 0.6) is 0 Å². The molecular formula is C34H49N9O8S2. The van der Waals surface area contributed by atoms with Crippen LogP contribution in [0.4, 0.5) is 10.5 Å². The zero-order valence-electron chi connectivity index (χ0n) is 29.9. The summed E-state index contributed by atoms with van der Waals surface area (Å²) >= 11 is 6.49. The monoisotopic (exact) mass is 775 g/mol. The summed E-state index contributed by atoms with van der Waals surface area (Å²) in [6, 6.07) is 6.65. The van der Waals surface area contributed by atoms with Crippen LogP contribution in [0.15, 0.2) is 35.5 Å². The van der Waals surface area contributed by atoms with Crippen molar-refractivity contribution in [3.05, 3.63) is 41.7 Å². The lowest BCUT2D eigenvalue weighted by Crippen LogP contribution is -2.48. The Morgan fingerprint density at radius 3 is 2.55 bits per heavy atom. The number of carbonyl (C=O) groups is 4. The molecule has 0 saturated carbocycles. The molecule has 1 aromatic carbocycles. The molecule has 2 saturated heterocycles. The van der Waals surface area contributed by atoms with Gasteiger partial charge < -0.3 is 45.5 Å². The van der Waals surface area contributed by atoms with Gasteiger partial charge in [-0.1, -0.05) is 23.8 Å². The number of rotatable bonds is 26. The molecule has 5 N–H and O–H groups in total. The molecule has 2 aromatic rings. The summed E-state index contributed by atoms with van der Waals surface area (Å²) in [5, 5.41) is 25.1. The average Bonchev–Trinajstić information content (AvgIpc) is 3.86. The molecule has 19 heteroatoms. The van der Waals surface area contributed by atoms with Gasteiger partial charge >= 0.3 is 6.03 Å². The van der Waals surface area contributed by atoms with Crippen LogP contribution in [-0.2, 0) is 53.0 Å². The fourth-order valence-electron chi connectivity index (χ4n) is 5.60. The second-order valence-electron chi connectivity index (χ2n) is 12.4. The third-order valence-electron chi connectivity index (χ3n) is 8.25. The highest BCUT2D eigenvalue weighted by atomic mass is 32.2. The number of thiocarbonyl (C=S) groups is 1. The highest BCUT2D eigenvalue weighted by molar-refractivity contribution is 8.00. The number of aromatic nitrogens is 3. The standard InChI is InChI=1S/C34H49N9O8S2/c1-24(44)38-28(33(46)36-18-25-6-8-26(9-7-25)37-23-52)21-51-20-27-19-43(42-41-27)11-13-49-15-17-50-16-14-48-12-10-35-31(45)5-3-2-4-30-32-29(22-53-30)39-34(47)40-32/h6-9,19,28-30,32H,2-5,10-18,20-22H2,1H3,(H,35,45)(H,36,46)(H,38,44)(H2,39,40,47)/t28-,29+,30+,32+/m1/s1. The molecule has 17 nitrogen and oxygen atoms in total. The van der Waals surface area contributed by atoms with Gasteiger partial charge in [0.25, 0.3) is 0 Å². The Labute approximate surface area is 318 Å². The number of hydrogen-bond acceptors (Lipinski definition) is 13. The molecule has 0 radical (unpaired) electrons. The second kappa shape index (κ2) is 23.6. The quantitative estimate of drug-likeness (QED) is 0.0396. The van der Waals surface area contributed by atoms with Gasteiger partial charge in [0.1, 0.15) is 11.7 Å². The molecule has 0 aliphatic carbocycles. The van der Waals surface area contributed by atoms with Gasteiger partial charge in [0, 0.05) is 37.4 Å². The summed E-state index contributed by atoms with van der Waals surface area (Å²) in [4.78, 5) is 51.9. The van der Waals surface area contributed by atoms with E-state index >= 15 is 0 Å². The first-order valence-corrected chi connectivity index (χ1v) is 19.1. The third kappa shape index (κ3) is 15.9. The van der Waals surface area contributed by atoms with Crippen molar-refractivity contribution >= 4 is 58.6 Å². The number of ether oxygens (including phenoxy) is 4. The Morgan fingerprint density at radius 2 is 1.79 bits per heavy atom. The smallest absolute Gasteiger partial charge is 0.315 e. The maximum Gasteiger partial charge on any atom is 0.315 e. The van der Waals surface area contributed by atoms with Crippen molar-refractivity contribution in [2.24, 2.45) is 4.99 Å². The summed E-state index contributed by atoms with van der Waals surface area (Å²) in [5.41, 5.74) is 2.09. The van der Waals surface area contributed by atoms with Crippen molar-refractivity contribution in [3.63, 3.8) is 0 Å². The van der Waals surface area contributed by atoms with Gasteiger partial charge in [-0.2, -0.15) is 16.8 Å². The summed E-state index contributed by atoms with van der Waals surface area (Å²) in [7, 11) is 0. The third-order valence-corrected chi connectivity index (χ3v) is 9.85. The SMILES string of the molecule is CC(=O)N[C@H](COCc1cn(CCOCCOCCOCCNC(=O)CCCC[C@@H]2SC[C@@H]3NC(=O)N[C@@H]32)nn1)C(=O)NCc1ccc(N=C=S)cc1. The maximum absolute atomic E-state index is 12.7. The highest BCUT2D eigenvalue weighted by Gasteiger charge is 2.42. The van der Waals surface area contributed by atoms with Crippen LogP contribution >= 0.6 is 24.0 Å². The fourth-order valence-corrected chi connectivity index (χ4v) is 7.25. The highest BCUT2D eigenvalue weighted by Crippen LogP contribution is 2.33. The Bertz CT molecular complexity index is 1510. The molecule has 2 aliphatic heterocycles. The van der Waals surface area contributed by atoms with E-state index in [0.717, 1.165) is 30.6 Å². The van der Waals surface area contributed by atoms with Crippen molar-refractivity contribution in [1.82, 2.24) is 41.6 Å². The molecular weight excluding hydrogens is 727 g/mol. The minimum atomic E-state index is -0.879. The van der Waals surface area contributed by atoms with Gasteiger partial charge in [-0.15, -0.1) is 5.10 Å². The minimum Gasteiger partial charge on any atom is -0.377 e. The van der Waals surface area contributed by atoms with Crippen LogP contribution in [0.3, 0.4) is 0 Å². The van der Waals surface area contributed by atoms with Crippen LogP contribution in [-0.4, -0.2) is 126 Å². The molecule has 4 atom stereocenters. The number of nitrogens with zero attached hydrogens (tertiary/aromatic N) is 4. The van der Waals surface area contributed by atoms with Crippen LogP contribution in [0, 0.1) is 0 Å². The summed E-state index contributed by atoms with van der Waals surface area (Å²) in [6.07, 6.45) is 4.99. The molecule has 290 valence electrons. The molecule has 0 bridgehead atoms. The van der Waals surface area contributed by atoms with Crippen LogP contribution in [0.2, 0.25) is 0 Å². The van der Waals surface area contributed by atoms with Crippen LogP contribution < -0.4 is 26.6 Å². The molecule has 1 aromatic heterocycles. The Balaban J connectivity index is 0.942. The van der Waals surface area contributed by atoms with E-state index in [-0.39, 0.29) is 55.6 Å². The summed E-state index contributed by atoms with van der Waals surface area (Å²) in [5.74, 6) is 0.237.